The topological polar surface area (TPSA) is 63.6 Å². The molecule has 1 aliphatic rings. The van der Waals surface area contributed by atoms with Crippen molar-refractivity contribution in [3.8, 4) is 0 Å². The molecule has 4 aromatic rings. The lowest BCUT2D eigenvalue weighted by Crippen LogP contribution is -2.34. The molecule has 0 saturated carbocycles. The first-order valence-electron chi connectivity index (χ1n) is 10.1. The van der Waals surface area contributed by atoms with Crippen LogP contribution in [-0.4, -0.2) is 32.6 Å². The van der Waals surface area contributed by atoms with Crippen molar-refractivity contribution in [2.45, 2.75) is 39.2 Å². The van der Waals surface area contributed by atoms with Crippen molar-refractivity contribution in [3.63, 3.8) is 0 Å². The number of fused-ring (bicyclic) bond motifs is 2. The van der Waals surface area contributed by atoms with Gasteiger partial charge in [0.1, 0.15) is 11.4 Å². The monoisotopic (exact) mass is 388 g/mol. The number of hydrogen-bond acceptors (Lipinski definition) is 5. The number of piperidine rings is 1. The molecule has 148 valence electrons. The van der Waals surface area contributed by atoms with E-state index in [9.17, 15) is 4.79 Å². The minimum Gasteiger partial charge on any atom is -0.423 e. The summed E-state index contributed by atoms with van der Waals surface area (Å²) in [5, 5.41) is 9.81. The van der Waals surface area contributed by atoms with E-state index in [-0.39, 0.29) is 5.63 Å². The summed E-state index contributed by atoms with van der Waals surface area (Å²) in [5.41, 5.74) is 4.65. The number of aryl methyl sites for hydroxylation is 2. The Morgan fingerprint density at radius 2 is 2.00 bits per heavy atom. The molecule has 6 nitrogen and oxygen atoms in total. The summed E-state index contributed by atoms with van der Waals surface area (Å²) in [4.78, 5) is 14.6. The van der Waals surface area contributed by atoms with E-state index in [1.54, 1.807) is 6.07 Å². The molecule has 5 rings (SSSR count). The minimum atomic E-state index is -0.284. The molecule has 6 heteroatoms. The lowest BCUT2D eigenvalue weighted by molar-refractivity contribution is 0.196. The average molecular weight is 388 g/mol. The van der Waals surface area contributed by atoms with Crippen LogP contribution in [0.4, 0.5) is 0 Å². The smallest absolute Gasteiger partial charge is 0.336 e. The molecule has 4 heterocycles. The van der Waals surface area contributed by atoms with E-state index in [1.807, 2.05) is 37.4 Å². The maximum atomic E-state index is 12.1. The fourth-order valence-electron chi connectivity index (χ4n) is 4.40. The quantitative estimate of drug-likeness (QED) is 0.499. The number of benzene rings is 1. The van der Waals surface area contributed by atoms with Crippen LogP contribution >= 0.6 is 0 Å². The van der Waals surface area contributed by atoms with Crippen molar-refractivity contribution in [2.24, 2.45) is 0 Å². The highest BCUT2D eigenvalue weighted by atomic mass is 16.4. The van der Waals surface area contributed by atoms with Gasteiger partial charge in [0.15, 0.2) is 5.65 Å². The van der Waals surface area contributed by atoms with Gasteiger partial charge in [0.2, 0.25) is 0 Å². The summed E-state index contributed by atoms with van der Waals surface area (Å²) in [5.74, 6) is 1.35. The van der Waals surface area contributed by atoms with Gasteiger partial charge in [0, 0.05) is 36.7 Å². The summed E-state index contributed by atoms with van der Waals surface area (Å²) < 4.78 is 7.55. The van der Waals surface area contributed by atoms with Crippen LogP contribution in [0.15, 0.2) is 51.8 Å². The van der Waals surface area contributed by atoms with Gasteiger partial charge in [-0.05, 0) is 74.2 Å². The van der Waals surface area contributed by atoms with Crippen molar-refractivity contribution in [1.29, 1.82) is 0 Å². The molecule has 1 fully saturated rings. The molecule has 29 heavy (non-hydrogen) atoms. The van der Waals surface area contributed by atoms with Crippen LogP contribution in [0.5, 0.6) is 0 Å². The molecule has 0 spiro atoms. The van der Waals surface area contributed by atoms with Gasteiger partial charge < -0.3 is 4.42 Å². The number of hydrogen-bond donors (Lipinski definition) is 0. The Labute approximate surface area is 168 Å². The molecular formula is C23H24N4O2. The summed E-state index contributed by atoms with van der Waals surface area (Å²) >= 11 is 0. The predicted molar refractivity (Wildman–Crippen MR) is 112 cm³/mol. The lowest BCUT2D eigenvalue weighted by Gasteiger charge is -2.32. The normalized spacial score (nSPS) is 17.9. The first kappa shape index (κ1) is 18.1. The Balaban J connectivity index is 1.45. The van der Waals surface area contributed by atoms with Crippen molar-refractivity contribution in [3.05, 3.63) is 75.5 Å². The van der Waals surface area contributed by atoms with Crippen LogP contribution in [0.25, 0.3) is 16.6 Å². The molecule has 1 atom stereocenters. The summed E-state index contributed by atoms with van der Waals surface area (Å²) in [6, 6.07) is 11.7. The molecule has 0 unspecified atom stereocenters. The van der Waals surface area contributed by atoms with E-state index >= 15 is 0 Å². The van der Waals surface area contributed by atoms with Gasteiger partial charge in [0.05, 0.1) is 0 Å². The van der Waals surface area contributed by atoms with Gasteiger partial charge in [-0.2, -0.15) is 0 Å². The van der Waals surface area contributed by atoms with E-state index in [1.165, 1.54) is 5.56 Å². The van der Waals surface area contributed by atoms with Crippen LogP contribution < -0.4 is 5.63 Å². The van der Waals surface area contributed by atoms with E-state index < -0.39 is 0 Å². The molecule has 1 aromatic carbocycles. The van der Waals surface area contributed by atoms with Crippen LogP contribution in [0.2, 0.25) is 0 Å². The van der Waals surface area contributed by atoms with Crippen LogP contribution in [0.1, 0.15) is 41.3 Å². The van der Waals surface area contributed by atoms with E-state index in [0.717, 1.165) is 60.5 Å². The maximum Gasteiger partial charge on any atom is 0.336 e. The molecule has 0 N–H and O–H groups in total. The van der Waals surface area contributed by atoms with Crippen molar-refractivity contribution in [2.75, 3.05) is 13.1 Å². The Morgan fingerprint density at radius 1 is 1.14 bits per heavy atom. The number of pyridine rings is 1. The highest BCUT2D eigenvalue weighted by Crippen LogP contribution is 2.28. The standard InChI is InChI=1S/C23H24N4O2/c1-15-10-19-18(12-22(28)29-20(19)11-16(15)2)14-26-8-5-6-17(13-26)23-25-24-21-7-3-4-9-27(21)23/h3-4,7,9-12,17H,5-6,8,13-14H2,1-2H3/t17-/m0/s1. The number of likely N-dealkylation sites (tertiary alicyclic amines) is 1. The summed E-state index contributed by atoms with van der Waals surface area (Å²) in [7, 11) is 0. The first-order chi connectivity index (χ1) is 14.1. The fourth-order valence-corrected chi connectivity index (χ4v) is 4.40. The average Bonchev–Trinajstić information content (AvgIpc) is 3.14. The van der Waals surface area contributed by atoms with Crippen LogP contribution in [0.3, 0.4) is 0 Å². The van der Waals surface area contributed by atoms with Gasteiger partial charge in [-0.1, -0.05) is 6.07 Å². The largest absolute Gasteiger partial charge is 0.423 e. The van der Waals surface area contributed by atoms with Gasteiger partial charge in [0.25, 0.3) is 0 Å². The van der Waals surface area contributed by atoms with Gasteiger partial charge in [-0.3, -0.25) is 9.30 Å². The maximum absolute atomic E-state index is 12.1. The number of aromatic nitrogens is 3. The highest BCUT2D eigenvalue weighted by Gasteiger charge is 2.25. The summed E-state index contributed by atoms with van der Waals surface area (Å²) in [6.07, 6.45) is 4.23. The molecule has 0 amide bonds. The SMILES string of the molecule is Cc1cc2oc(=O)cc(CN3CCC[C@H](c4nnc5ccccn45)C3)c2cc1C. The second kappa shape index (κ2) is 7.12. The highest BCUT2D eigenvalue weighted by molar-refractivity contribution is 5.81. The third-order valence-electron chi connectivity index (χ3n) is 6.05. The van der Waals surface area contributed by atoms with E-state index in [2.05, 4.69) is 32.5 Å². The second-order valence-electron chi connectivity index (χ2n) is 8.08. The number of nitrogens with zero attached hydrogens (tertiary/aromatic N) is 4. The zero-order valence-electron chi connectivity index (χ0n) is 16.8. The van der Waals surface area contributed by atoms with Crippen molar-refractivity contribution in [1.82, 2.24) is 19.5 Å². The van der Waals surface area contributed by atoms with Crippen LogP contribution in [0, 0.1) is 13.8 Å². The molecule has 0 radical (unpaired) electrons. The fraction of sp³-hybridized carbons (Fsp3) is 0.348. The molecule has 1 saturated heterocycles. The van der Waals surface area contributed by atoms with Crippen molar-refractivity contribution < 1.29 is 4.42 Å². The minimum absolute atomic E-state index is 0.284. The Bertz CT molecular complexity index is 1260. The third-order valence-corrected chi connectivity index (χ3v) is 6.05. The Kier molecular flexibility index (Phi) is 4.43. The molecule has 0 bridgehead atoms. The van der Waals surface area contributed by atoms with Gasteiger partial charge in [-0.25, -0.2) is 4.79 Å². The molecule has 1 aliphatic heterocycles. The zero-order valence-corrected chi connectivity index (χ0v) is 16.8. The van der Waals surface area contributed by atoms with Crippen molar-refractivity contribution >= 4 is 16.6 Å². The van der Waals surface area contributed by atoms with Crippen LogP contribution in [-0.2, 0) is 6.54 Å². The second-order valence-corrected chi connectivity index (χ2v) is 8.08. The first-order valence-corrected chi connectivity index (χ1v) is 10.1. The van der Waals surface area contributed by atoms with Gasteiger partial charge in [-0.15, -0.1) is 10.2 Å². The number of rotatable bonds is 3. The lowest BCUT2D eigenvalue weighted by atomic mass is 9.96. The van der Waals surface area contributed by atoms with Gasteiger partial charge >= 0.3 is 5.63 Å². The Hall–Kier alpha value is -2.99. The molecular weight excluding hydrogens is 364 g/mol. The Morgan fingerprint density at radius 3 is 2.90 bits per heavy atom. The van der Waals surface area contributed by atoms with E-state index in [0.29, 0.717) is 11.5 Å². The molecule has 0 aliphatic carbocycles. The third kappa shape index (κ3) is 3.34. The predicted octanol–water partition coefficient (Wildman–Crippen LogP) is 3.83. The zero-order chi connectivity index (χ0) is 20.0. The van der Waals surface area contributed by atoms with E-state index in [4.69, 9.17) is 4.42 Å². The molecule has 3 aromatic heterocycles. The summed E-state index contributed by atoms with van der Waals surface area (Å²) in [6.45, 7) is 6.79.